The van der Waals surface area contributed by atoms with Crippen LogP contribution in [0.2, 0.25) is 5.02 Å². The zero-order chi connectivity index (χ0) is 21.0. The molecule has 0 fully saturated rings. The smallest absolute Gasteiger partial charge is 0.235 e. The second-order valence-corrected chi connectivity index (χ2v) is 7.90. The van der Waals surface area contributed by atoms with Gasteiger partial charge in [-0.3, -0.25) is 9.69 Å². The minimum absolute atomic E-state index is 0.0417. The van der Waals surface area contributed by atoms with E-state index in [1.807, 2.05) is 36.4 Å². The molecule has 0 spiro atoms. The molecule has 1 N–H and O–H groups in total. The van der Waals surface area contributed by atoms with E-state index in [4.69, 9.17) is 21.1 Å². The van der Waals surface area contributed by atoms with Crippen LogP contribution >= 0.6 is 11.6 Å². The van der Waals surface area contributed by atoms with Crippen LogP contribution in [0.15, 0.2) is 60.3 Å². The van der Waals surface area contributed by atoms with Crippen LogP contribution in [0.4, 0.5) is 5.69 Å². The summed E-state index contributed by atoms with van der Waals surface area (Å²) in [5, 5.41) is 10.5. The number of rotatable bonds is 6. The normalized spacial score (nSPS) is 15.7. The lowest BCUT2D eigenvalue weighted by Gasteiger charge is -2.24. The molecule has 0 aromatic heterocycles. The SMILES string of the molecule is COc1cc(N2C=CC(=Cc3ccc(Cl)cc3)CC2=O)ccc1OCC(C)(C)O. The number of halogens is 1. The summed E-state index contributed by atoms with van der Waals surface area (Å²) < 4.78 is 11.0. The molecule has 1 heterocycles. The quantitative estimate of drug-likeness (QED) is 0.736. The van der Waals surface area contributed by atoms with Gasteiger partial charge in [-0.05, 0) is 55.3 Å². The van der Waals surface area contributed by atoms with Gasteiger partial charge in [0.2, 0.25) is 5.91 Å². The molecule has 2 aromatic rings. The highest BCUT2D eigenvalue weighted by molar-refractivity contribution is 6.30. The molecule has 3 rings (SSSR count). The van der Waals surface area contributed by atoms with E-state index >= 15 is 0 Å². The van der Waals surface area contributed by atoms with Gasteiger partial charge in [0.15, 0.2) is 11.5 Å². The van der Waals surface area contributed by atoms with Crippen LogP contribution in [-0.4, -0.2) is 30.3 Å². The summed E-state index contributed by atoms with van der Waals surface area (Å²) in [5.41, 5.74) is 1.64. The van der Waals surface area contributed by atoms with Gasteiger partial charge in [-0.25, -0.2) is 0 Å². The number of nitrogens with zero attached hydrogens (tertiary/aromatic N) is 1. The van der Waals surface area contributed by atoms with E-state index in [9.17, 15) is 9.90 Å². The topological polar surface area (TPSA) is 59.0 Å². The number of hydrogen-bond acceptors (Lipinski definition) is 4. The van der Waals surface area contributed by atoms with E-state index in [1.165, 1.54) is 7.11 Å². The average Bonchev–Trinajstić information content (AvgIpc) is 2.67. The second kappa shape index (κ2) is 8.72. The minimum Gasteiger partial charge on any atom is -0.493 e. The van der Waals surface area contributed by atoms with Gasteiger partial charge in [0, 0.05) is 17.3 Å². The zero-order valence-electron chi connectivity index (χ0n) is 16.7. The largest absolute Gasteiger partial charge is 0.493 e. The number of benzene rings is 2. The van der Waals surface area contributed by atoms with E-state index in [0.29, 0.717) is 28.6 Å². The molecule has 1 aliphatic heterocycles. The predicted molar refractivity (Wildman–Crippen MR) is 115 cm³/mol. The van der Waals surface area contributed by atoms with Crippen molar-refractivity contribution in [1.29, 1.82) is 0 Å². The van der Waals surface area contributed by atoms with Crippen molar-refractivity contribution in [2.45, 2.75) is 25.9 Å². The molecule has 1 amide bonds. The van der Waals surface area contributed by atoms with Crippen molar-refractivity contribution < 1.29 is 19.4 Å². The van der Waals surface area contributed by atoms with Crippen molar-refractivity contribution in [3.8, 4) is 11.5 Å². The molecule has 152 valence electrons. The van der Waals surface area contributed by atoms with Gasteiger partial charge >= 0.3 is 0 Å². The third-order valence-electron chi connectivity index (χ3n) is 4.29. The summed E-state index contributed by atoms with van der Waals surface area (Å²) in [5.74, 6) is 0.963. The Hall–Kier alpha value is -2.76. The molecule has 5 nitrogen and oxygen atoms in total. The van der Waals surface area contributed by atoms with Gasteiger partial charge in [-0.15, -0.1) is 0 Å². The van der Waals surface area contributed by atoms with Gasteiger partial charge in [0.05, 0.1) is 24.8 Å². The van der Waals surface area contributed by atoms with Crippen LogP contribution in [0.25, 0.3) is 6.08 Å². The molecule has 29 heavy (non-hydrogen) atoms. The highest BCUT2D eigenvalue weighted by Gasteiger charge is 2.21. The summed E-state index contributed by atoms with van der Waals surface area (Å²) in [4.78, 5) is 14.3. The lowest BCUT2D eigenvalue weighted by Crippen LogP contribution is -2.28. The Morgan fingerprint density at radius 2 is 1.90 bits per heavy atom. The molecule has 0 radical (unpaired) electrons. The van der Waals surface area contributed by atoms with Gasteiger partial charge < -0.3 is 14.6 Å². The predicted octanol–water partition coefficient (Wildman–Crippen LogP) is 4.83. The number of hydrogen-bond donors (Lipinski definition) is 1. The van der Waals surface area contributed by atoms with Gasteiger partial charge in [-0.1, -0.05) is 29.8 Å². The van der Waals surface area contributed by atoms with E-state index in [0.717, 1.165) is 11.1 Å². The standard InChI is InChI=1S/C23H24ClNO4/c1-23(2,27)15-29-20-9-8-19(14-21(20)28-3)25-11-10-17(13-22(25)26)12-16-4-6-18(24)7-5-16/h4-12,14,27H,13,15H2,1-3H3. The van der Waals surface area contributed by atoms with Crippen LogP contribution < -0.4 is 14.4 Å². The lowest BCUT2D eigenvalue weighted by atomic mass is 10.0. The first-order valence-corrected chi connectivity index (χ1v) is 9.62. The Bertz CT molecular complexity index is 942. The highest BCUT2D eigenvalue weighted by Crippen LogP contribution is 2.34. The monoisotopic (exact) mass is 413 g/mol. The van der Waals surface area contributed by atoms with Gasteiger partial charge in [0.25, 0.3) is 0 Å². The fourth-order valence-corrected chi connectivity index (χ4v) is 2.98. The fraction of sp³-hybridized carbons (Fsp3) is 0.261. The molecule has 0 atom stereocenters. The summed E-state index contributed by atoms with van der Waals surface area (Å²) in [6.45, 7) is 3.46. The molecule has 0 saturated heterocycles. The van der Waals surface area contributed by atoms with Crippen LogP contribution in [0, 0.1) is 0 Å². The number of ether oxygens (including phenoxy) is 2. The maximum Gasteiger partial charge on any atom is 0.235 e. The first-order valence-electron chi connectivity index (χ1n) is 9.25. The fourth-order valence-electron chi connectivity index (χ4n) is 2.85. The number of carbonyl (C=O) groups is 1. The van der Waals surface area contributed by atoms with Crippen molar-refractivity contribution in [2.24, 2.45) is 0 Å². The van der Waals surface area contributed by atoms with Gasteiger partial charge in [0.1, 0.15) is 6.61 Å². The van der Waals surface area contributed by atoms with Gasteiger partial charge in [-0.2, -0.15) is 0 Å². The Morgan fingerprint density at radius 3 is 2.52 bits per heavy atom. The Morgan fingerprint density at radius 1 is 1.17 bits per heavy atom. The molecule has 0 aliphatic carbocycles. The van der Waals surface area contributed by atoms with Crippen molar-refractivity contribution in [1.82, 2.24) is 0 Å². The Balaban J connectivity index is 1.78. The van der Waals surface area contributed by atoms with Crippen LogP contribution in [0.5, 0.6) is 11.5 Å². The number of allylic oxidation sites excluding steroid dienone is 1. The van der Waals surface area contributed by atoms with E-state index in [-0.39, 0.29) is 12.5 Å². The molecule has 2 aromatic carbocycles. The number of amides is 1. The third kappa shape index (κ3) is 5.62. The zero-order valence-corrected chi connectivity index (χ0v) is 17.4. The molecule has 0 saturated carbocycles. The number of carbonyl (C=O) groups excluding carboxylic acids is 1. The van der Waals surface area contributed by atoms with Crippen LogP contribution in [0.1, 0.15) is 25.8 Å². The molecular weight excluding hydrogens is 390 g/mol. The van der Waals surface area contributed by atoms with Crippen molar-refractivity contribution in [3.05, 3.63) is 70.9 Å². The molecular formula is C23H24ClNO4. The third-order valence-corrected chi connectivity index (χ3v) is 4.54. The van der Waals surface area contributed by atoms with E-state index in [1.54, 1.807) is 43.1 Å². The molecule has 6 heteroatoms. The second-order valence-electron chi connectivity index (χ2n) is 7.46. The van der Waals surface area contributed by atoms with Crippen molar-refractivity contribution in [3.63, 3.8) is 0 Å². The first kappa shape index (κ1) is 21.0. The molecule has 1 aliphatic rings. The number of methoxy groups -OCH3 is 1. The maximum absolute atomic E-state index is 12.7. The summed E-state index contributed by atoms with van der Waals surface area (Å²) in [6.07, 6.45) is 5.93. The van der Waals surface area contributed by atoms with Crippen LogP contribution in [0.3, 0.4) is 0 Å². The highest BCUT2D eigenvalue weighted by atomic mass is 35.5. The first-order chi connectivity index (χ1) is 13.7. The number of aliphatic hydroxyl groups is 1. The van der Waals surface area contributed by atoms with E-state index in [2.05, 4.69) is 0 Å². The summed E-state index contributed by atoms with van der Waals surface area (Å²) in [6, 6.07) is 12.7. The van der Waals surface area contributed by atoms with Crippen molar-refractivity contribution >= 4 is 29.3 Å². The van der Waals surface area contributed by atoms with E-state index < -0.39 is 5.60 Å². The summed E-state index contributed by atoms with van der Waals surface area (Å²) >= 11 is 5.92. The van der Waals surface area contributed by atoms with Crippen molar-refractivity contribution in [2.75, 3.05) is 18.6 Å². The maximum atomic E-state index is 12.7. The lowest BCUT2D eigenvalue weighted by molar-refractivity contribution is -0.117. The summed E-state index contributed by atoms with van der Waals surface area (Å²) in [7, 11) is 1.54. The Labute approximate surface area is 175 Å². The average molecular weight is 414 g/mol. The van der Waals surface area contributed by atoms with Crippen LogP contribution in [-0.2, 0) is 4.79 Å². The molecule has 0 unspecified atom stereocenters. The number of anilines is 1. The minimum atomic E-state index is -0.956. The molecule has 0 bridgehead atoms. The Kier molecular flexibility index (Phi) is 6.30.